The van der Waals surface area contributed by atoms with Crippen molar-refractivity contribution in [2.45, 2.75) is 45.4 Å². The van der Waals surface area contributed by atoms with Gasteiger partial charge in [0, 0.05) is 31.2 Å². The number of nitrogens with one attached hydrogen (secondary N) is 1. The number of likely N-dealkylation sites (tertiary alicyclic amines) is 1. The van der Waals surface area contributed by atoms with E-state index in [4.69, 9.17) is 0 Å². The lowest BCUT2D eigenvalue weighted by Gasteiger charge is -2.26. The first-order valence-electron chi connectivity index (χ1n) is 8.92. The number of piperidine rings is 1. The van der Waals surface area contributed by atoms with Gasteiger partial charge in [-0.25, -0.2) is 9.97 Å². The summed E-state index contributed by atoms with van der Waals surface area (Å²) in [5.41, 5.74) is 2.89. The summed E-state index contributed by atoms with van der Waals surface area (Å²) in [6.07, 6.45) is 6.58. The number of benzene rings is 1. The predicted molar refractivity (Wildman–Crippen MR) is 100 cm³/mol. The van der Waals surface area contributed by atoms with E-state index < -0.39 is 0 Å². The first-order chi connectivity index (χ1) is 11.9. The molecule has 1 fully saturated rings. The number of hydrogen-bond acceptors (Lipinski definition) is 4. The summed E-state index contributed by atoms with van der Waals surface area (Å²) >= 11 is 0. The molecule has 0 aliphatic carbocycles. The molecule has 1 aromatic carbocycles. The Morgan fingerprint density at radius 3 is 2.16 bits per heavy atom. The molecule has 1 aromatic heterocycles. The van der Waals surface area contributed by atoms with Gasteiger partial charge in [-0.15, -0.1) is 0 Å². The Morgan fingerprint density at radius 2 is 1.60 bits per heavy atom. The van der Waals surface area contributed by atoms with Crippen LogP contribution in [-0.2, 0) is 5.41 Å². The molecule has 5 nitrogen and oxygen atoms in total. The lowest BCUT2D eigenvalue weighted by atomic mass is 9.87. The van der Waals surface area contributed by atoms with Gasteiger partial charge in [-0.05, 0) is 42.4 Å². The van der Waals surface area contributed by atoms with E-state index in [1.165, 1.54) is 12.0 Å². The van der Waals surface area contributed by atoms with Crippen molar-refractivity contribution < 1.29 is 4.79 Å². The van der Waals surface area contributed by atoms with Gasteiger partial charge in [-0.3, -0.25) is 4.79 Å². The molecule has 2 heterocycles. The number of aromatic nitrogens is 2. The SMILES string of the molecule is CC(C)(C)c1ccc(Nc2ncc(C(=O)N3CCCCC3)cn2)cc1. The largest absolute Gasteiger partial charge is 0.339 e. The molecule has 1 saturated heterocycles. The molecule has 25 heavy (non-hydrogen) atoms. The van der Waals surface area contributed by atoms with Crippen molar-refractivity contribution >= 4 is 17.5 Å². The molecule has 5 heteroatoms. The highest BCUT2D eigenvalue weighted by Gasteiger charge is 2.18. The topological polar surface area (TPSA) is 58.1 Å². The Bertz CT molecular complexity index is 711. The maximum Gasteiger partial charge on any atom is 0.256 e. The minimum Gasteiger partial charge on any atom is -0.339 e. The van der Waals surface area contributed by atoms with Crippen LogP contribution in [-0.4, -0.2) is 33.9 Å². The number of carbonyl (C=O) groups is 1. The fourth-order valence-electron chi connectivity index (χ4n) is 2.97. The molecule has 0 unspecified atom stereocenters. The van der Waals surface area contributed by atoms with E-state index in [9.17, 15) is 4.79 Å². The van der Waals surface area contributed by atoms with Crippen LogP contribution in [0.5, 0.6) is 0 Å². The lowest BCUT2D eigenvalue weighted by molar-refractivity contribution is 0.0723. The van der Waals surface area contributed by atoms with Crippen LogP contribution in [0.1, 0.15) is 56.0 Å². The van der Waals surface area contributed by atoms with Gasteiger partial charge in [0.1, 0.15) is 0 Å². The standard InChI is InChI=1S/C20H26N4O/c1-20(2,3)16-7-9-17(10-8-16)23-19-21-13-15(14-22-19)18(25)24-11-5-4-6-12-24/h7-10,13-14H,4-6,11-12H2,1-3H3,(H,21,22,23). The van der Waals surface area contributed by atoms with E-state index >= 15 is 0 Å². The smallest absolute Gasteiger partial charge is 0.256 e. The molecular formula is C20H26N4O. The molecule has 0 atom stereocenters. The third-order valence-corrected chi connectivity index (χ3v) is 4.55. The number of nitrogens with zero attached hydrogens (tertiary/aromatic N) is 3. The minimum atomic E-state index is 0.0285. The van der Waals surface area contributed by atoms with Crippen LogP contribution in [0.4, 0.5) is 11.6 Å². The van der Waals surface area contributed by atoms with E-state index in [0.717, 1.165) is 31.6 Å². The zero-order chi connectivity index (χ0) is 17.9. The first-order valence-corrected chi connectivity index (χ1v) is 8.92. The van der Waals surface area contributed by atoms with Crippen molar-refractivity contribution in [1.29, 1.82) is 0 Å². The second-order valence-electron chi connectivity index (χ2n) is 7.60. The van der Waals surface area contributed by atoms with Crippen LogP contribution in [0.25, 0.3) is 0 Å². The van der Waals surface area contributed by atoms with Gasteiger partial charge >= 0.3 is 0 Å². The number of rotatable bonds is 3. The van der Waals surface area contributed by atoms with E-state index in [-0.39, 0.29) is 11.3 Å². The molecule has 2 aromatic rings. The van der Waals surface area contributed by atoms with Crippen LogP contribution < -0.4 is 5.32 Å². The Labute approximate surface area is 149 Å². The van der Waals surface area contributed by atoms with Crippen LogP contribution in [0.2, 0.25) is 0 Å². The molecule has 1 aliphatic heterocycles. The zero-order valence-corrected chi connectivity index (χ0v) is 15.2. The van der Waals surface area contributed by atoms with Crippen molar-refractivity contribution in [3.63, 3.8) is 0 Å². The van der Waals surface area contributed by atoms with Crippen molar-refractivity contribution in [2.24, 2.45) is 0 Å². The fraction of sp³-hybridized carbons (Fsp3) is 0.450. The van der Waals surface area contributed by atoms with Crippen molar-refractivity contribution in [3.05, 3.63) is 47.8 Å². The summed E-state index contributed by atoms with van der Waals surface area (Å²) in [6, 6.07) is 8.26. The van der Waals surface area contributed by atoms with Crippen LogP contribution in [0.15, 0.2) is 36.7 Å². The second kappa shape index (κ2) is 7.21. The monoisotopic (exact) mass is 338 g/mol. The molecule has 0 radical (unpaired) electrons. The molecular weight excluding hydrogens is 312 g/mol. The maximum absolute atomic E-state index is 12.4. The van der Waals surface area contributed by atoms with Gasteiger partial charge in [0.15, 0.2) is 0 Å². The first kappa shape index (κ1) is 17.4. The second-order valence-corrected chi connectivity index (χ2v) is 7.60. The lowest BCUT2D eigenvalue weighted by Crippen LogP contribution is -2.35. The van der Waals surface area contributed by atoms with Gasteiger partial charge in [-0.1, -0.05) is 32.9 Å². The van der Waals surface area contributed by atoms with Gasteiger partial charge in [0.25, 0.3) is 5.91 Å². The fourth-order valence-corrected chi connectivity index (χ4v) is 2.97. The molecule has 0 spiro atoms. The Balaban J connectivity index is 1.65. The summed E-state index contributed by atoms with van der Waals surface area (Å²) < 4.78 is 0. The van der Waals surface area contributed by atoms with E-state index in [1.807, 2.05) is 17.0 Å². The minimum absolute atomic E-state index is 0.0285. The van der Waals surface area contributed by atoms with Crippen LogP contribution in [0, 0.1) is 0 Å². The average Bonchev–Trinajstić information content (AvgIpc) is 2.62. The molecule has 1 amide bonds. The normalized spacial score (nSPS) is 15.1. The predicted octanol–water partition coefficient (Wildman–Crippen LogP) is 4.14. The summed E-state index contributed by atoms with van der Waals surface area (Å²) in [5.74, 6) is 0.527. The Kier molecular flexibility index (Phi) is 5.02. The van der Waals surface area contributed by atoms with Crippen LogP contribution >= 0.6 is 0 Å². The van der Waals surface area contributed by atoms with Gasteiger partial charge in [-0.2, -0.15) is 0 Å². The maximum atomic E-state index is 12.4. The molecule has 132 valence electrons. The van der Waals surface area contributed by atoms with Crippen molar-refractivity contribution in [3.8, 4) is 0 Å². The van der Waals surface area contributed by atoms with E-state index in [0.29, 0.717) is 11.5 Å². The zero-order valence-electron chi connectivity index (χ0n) is 15.2. The number of hydrogen-bond donors (Lipinski definition) is 1. The highest BCUT2D eigenvalue weighted by molar-refractivity contribution is 5.93. The third kappa shape index (κ3) is 4.35. The molecule has 0 saturated carbocycles. The van der Waals surface area contributed by atoms with Crippen molar-refractivity contribution in [1.82, 2.24) is 14.9 Å². The summed E-state index contributed by atoms with van der Waals surface area (Å²) in [5, 5.41) is 3.18. The number of amides is 1. The summed E-state index contributed by atoms with van der Waals surface area (Å²) in [7, 11) is 0. The van der Waals surface area contributed by atoms with Crippen molar-refractivity contribution in [2.75, 3.05) is 18.4 Å². The van der Waals surface area contributed by atoms with Gasteiger partial charge in [0.05, 0.1) is 5.56 Å². The van der Waals surface area contributed by atoms with E-state index in [2.05, 4.69) is 48.2 Å². The highest BCUT2D eigenvalue weighted by atomic mass is 16.2. The molecule has 3 rings (SSSR count). The summed E-state index contributed by atoms with van der Waals surface area (Å²) in [6.45, 7) is 8.24. The third-order valence-electron chi connectivity index (χ3n) is 4.55. The van der Waals surface area contributed by atoms with Gasteiger partial charge in [0.2, 0.25) is 5.95 Å². The molecule has 1 N–H and O–H groups in total. The highest BCUT2D eigenvalue weighted by Crippen LogP contribution is 2.24. The van der Waals surface area contributed by atoms with E-state index in [1.54, 1.807) is 12.4 Å². The molecule has 0 bridgehead atoms. The average molecular weight is 338 g/mol. The number of carbonyl (C=O) groups excluding carboxylic acids is 1. The quantitative estimate of drug-likeness (QED) is 0.913. The van der Waals surface area contributed by atoms with Crippen LogP contribution in [0.3, 0.4) is 0 Å². The Morgan fingerprint density at radius 1 is 1.00 bits per heavy atom. The Hall–Kier alpha value is -2.43. The summed E-state index contributed by atoms with van der Waals surface area (Å²) in [4.78, 5) is 22.9. The molecule has 1 aliphatic rings. The number of anilines is 2. The van der Waals surface area contributed by atoms with Gasteiger partial charge < -0.3 is 10.2 Å².